The molecule has 4 heteroatoms. The van der Waals surface area contributed by atoms with E-state index in [4.69, 9.17) is 0 Å². The fraction of sp³-hybridized carbons (Fsp3) is 0.533. The zero-order chi connectivity index (χ0) is 14.0. The van der Waals surface area contributed by atoms with Crippen molar-refractivity contribution < 1.29 is 9.90 Å². The van der Waals surface area contributed by atoms with E-state index >= 15 is 0 Å². The van der Waals surface area contributed by atoms with Crippen molar-refractivity contribution in [3.63, 3.8) is 0 Å². The van der Waals surface area contributed by atoms with Crippen LogP contribution in [0.3, 0.4) is 0 Å². The summed E-state index contributed by atoms with van der Waals surface area (Å²) in [4.78, 5) is 12.4. The molecule has 19 heavy (non-hydrogen) atoms. The molecule has 1 aliphatic rings. The van der Waals surface area contributed by atoms with Crippen LogP contribution in [-0.2, 0) is 4.79 Å². The Morgan fingerprint density at radius 2 is 2.16 bits per heavy atom. The average Bonchev–Trinajstić information content (AvgIpc) is 2.36. The molecular weight excluding hydrogens is 240 g/mol. The number of carbonyl (C=O) groups excluding carboxylic acids is 1. The van der Waals surface area contributed by atoms with Crippen LogP contribution in [0.5, 0.6) is 5.75 Å². The Bertz CT molecular complexity index is 491. The summed E-state index contributed by atoms with van der Waals surface area (Å²) >= 11 is 0. The van der Waals surface area contributed by atoms with E-state index in [-0.39, 0.29) is 11.7 Å². The lowest BCUT2D eigenvalue weighted by Crippen LogP contribution is -2.46. The maximum Gasteiger partial charge on any atom is 0.231 e. The van der Waals surface area contributed by atoms with Gasteiger partial charge in [0, 0.05) is 6.54 Å². The van der Waals surface area contributed by atoms with Crippen molar-refractivity contribution in [1.82, 2.24) is 5.32 Å². The van der Waals surface area contributed by atoms with Gasteiger partial charge in [-0.15, -0.1) is 0 Å². The van der Waals surface area contributed by atoms with Crippen molar-refractivity contribution in [2.45, 2.75) is 33.6 Å². The lowest BCUT2D eigenvalue weighted by atomic mass is 9.82. The van der Waals surface area contributed by atoms with Crippen LogP contribution in [0.2, 0.25) is 0 Å². The summed E-state index contributed by atoms with van der Waals surface area (Å²) in [6, 6.07) is 3.70. The lowest BCUT2D eigenvalue weighted by molar-refractivity contribution is -0.125. The highest BCUT2D eigenvalue weighted by Crippen LogP contribution is 2.32. The topological polar surface area (TPSA) is 61.4 Å². The van der Waals surface area contributed by atoms with E-state index in [1.165, 1.54) is 0 Å². The number of rotatable bonds is 2. The summed E-state index contributed by atoms with van der Waals surface area (Å²) in [6.45, 7) is 7.41. The van der Waals surface area contributed by atoms with E-state index in [9.17, 15) is 9.90 Å². The Morgan fingerprint density at radius 3 is 2.79 bits per heavy atom. The number of amides is 1. The average molecular weight is 262 g/mol. The third-order valence-corrected chi connectivity index (χ3v) is 3.84. The van der Waals surface area contributed by atoms with Gasteiger partial charge >= 0.3 is 0 Å². The van der Waals surface area contributed by atoms with Gasteiger partial charge in [-0.3, -0.25) is 4.79 Å². The van der Waals surface area contributed by atoms with Gasteiger partial charge in [0.15, 0.2) is 0 Å². The van der Waals surface area contributed by atoms with Gasteiger partial charge in [-0.2, -0.15) is 0 Å². The van der Waals surface area contributed by atoms with Crippen molar-refractivity contribution in [2.24, 2.45) is 5.41 Å². The summed E-state index contributed by atoms with van der Waals surface area (Å²) in [6.07, 6.45) is 1.88. The van der Waals surface area contributed by atoms with Gasteiger partial charge in [-0.1, -0.05) is 6.07 Å². The second-order valence-corrected chi connectivity index (χ2v) is 5.77. The van der Waals surface area contributed by atoms with E-state index in [2.05, 4.69) is 10.6 Å². The van der Waals surface area contributed by atoms with Gasteiger partial charge in [0.05, 0.1) is 11.1 Å². The third kappa shape index (κ3) is 2.89. The van der Waals surface area contributed by atoms with E-state index in [0.29, 0.717) is 12.2 Å². The second kappa shape index (κ2) is 5.21. The van der Waals surface area contributed by atoms with Crippen LogP contribution in [0.25, 0.3) is 0 Å². The maximum atomic E-state index is 12.4. The molecular formula is C15H22N2O2. The molecule has 1 aromatic carbocycles. The van der Waals surface area contributed by atoms with Crippen molar-refractivity contribution in [3.8, 4) is 5.75 Å². The van der Waals surface area contributed by atoms with Gasteiger partial charge in [0.2, 0.25) is 5.91 Å². The number of aryl methyl sites for hydroxylation is 2. The molecule has 1 aromatic rings. The predicted octanol–water partition coefficient (Wildman–Crippen LogP) is 2.34. The molecule has 1 saturated heterocycles. The minimum atomic E-state index is -0.400. The summed E-state index contributed by atoms with van der Waals surface area (Å²) < 4.78 is 0. The number of piperidine rings is 1. The Hall–Kier alpha value is -1.55. The first-order valence-corrected chi connectivity index (χ1v) is 6.75. The largest absolute Gasteiger partial charge is 0.505 e. The van der Waals surface area contributed by atoms with Crippen LogP contribution in [0, 0.1) is 19.3 Å². The molecule has 1 atom stereocenters. The van der Waals surface area contributed by atoms with E-state index < -0.39 is 5.41 Å². The molecule has 0 radical (unpaired) electrons. The fourth-order valence-electron chi connectivity index (χ4n) is 2.58. The normalized spacial score (nSPS) is 23.1. The van der Waals surface area contributed by atoms with Crippen molar-refractivity contribution in [3.05, 3.63) is 23.3 Å². The number of hydrogen-bond donors (Lipinski definition) is 3. The minimum absolute atomic E-state index is 0.0278. The van der Waals surface area contributed by atoms with E-state index in [1.54, 1.807) is 6.07 Å². The summed E-state index contributed by atoms with van der Waals surface area (Å²) in [5.41, 5.74) is 1.91. The lowest BCUT2D eigenvalue weighted by Gasteiger charge is -2.32. The van der Waals surface area contributed by atoms with Crippen molar-refractivity contribution in [2.75, 3.05) is 18.4 Å². The van der Waals surface area contributed by atoms with Gasteiger partial charge in [-0.05, 0) is 57.4 Å². The number of aromatic hydroxyl groups is 1. The molecule has 1 fully saturated rings. The van der Waals surface area contributed by atoms with Crippen molar-refractivity contribution >= 4 is 11.6 Å². The first kappa shape index (κ1) is 13.9. The number of hydrogen-bond acceptors (Lipinski definition) is 3. The predicted molar refractivity (Wildman–Crippen MR) is 76.4 cm³/mol. The maximum absolute atomic E-state index is 12.4. The number of anilines is 1. The summed E-state index contributed by atoms with van der Waals surface area (Å²) in [7, 11) is 0. The quantitative estimate of drug-likeness (QED) is 0.717. The molecule has 1 unspecified atom stereocenters. The number of phenolic OH excluding ortho intramolecular Hbond substituents is 1. The van der Waals surface area contributed by atoms with Gasteiger partial charge in [0.25, 0.3) is 0 Å². The SMILES string of the molecule is Cc1cc(C)c(O)c(NC(=O)C2(C)CCCNC2)c1. The molecule has 0 bridgehead atoms. The Kier molecular flexibility index (Phi) is 3.80. The molecule has 0 aliphatic carbocycles. The van der Waals surface area contributed by atoms with Gasteiger partial charge < -0.3 is 15.7 Å². The standard InChI is InChI=1S/C15H22N2O2/c1-10-7-11(2)13(18)12(8-10)17-14(19)15(3)5-4-6-16-9-15/h7-8,16,18H,4-6,9H2,1-3H3,(H,17,19). The zero-order valence-corrected chi connectivity index (χ0v) is 11.8. The molecule has 0 aromatic heterocycles. The smallest absolute Gasteiger partial charge is 0.231 e. The van der Waals surface area contributed by atoms with E-state index in [0.717, 1.165) is 30.5 Å². The fourth-order valence-corrected chi connectivity index (χ4v) is 2.58. The Balaban J connectivity index is 2.19. The monoisotopic (exact) mass is 262 g/mol. The molecule has 1 aliphatic heterocycles. The molecule has 1 heterocycles. The molecule has 0 saturated carbocycles. The number of carbonyl (C=O) groups is 1. The molecule has 4 nitrogen and oxygen atoms in total. The first-order chi connectivity index (χ1) is 8.92. The van der Waals surface area contributed by atoms with Crippen LogP contribution in [0.4, 0.5) is 5.69 Å². The number of benzene rings is 1. The highest BCUT2D eigenvalue weighted by Gasteiger charge is 2.34. The van der Waals surface area contributed by atoms with Crippen LogP contribution in [0.15, 0.2) is 12.1 Å². The van der Waals surface area contributed by atoms with Gasteiger partial charge in [-0.25, -0.2) is 0 Å². The Labute approximate surface area is 114 Å². The van der Waals surface area contributed by atoms with Crippen LogP contribution in [0.1, 0.15) is 30.9 Å². The third-order valence-electron chi connectivity index (χ3n) is 3.84. The molecule has 2 rings (SSSR count). The van der Waals surface area contributed by atoms with Crippen LogP contribution < -0.4 is 10.6 Å². The molecule has 3 N–H and O–H groups in total. The number of nitrogens with one attached hydrogen (secondary N) is 2. The van der Waals surface area contributed by atoms with Crippen molar-refractivity contribution in [1.29, 1.82) is 0 Å². The zero-order valence-electron chi connectivity index (χ0n) is 11.8. The first-order valence-electron chi connectivity index (χ1n) is 6.75. The van der Waals surface area contributed by atoms with E-state index in [1.807, 2.05) is 26.8 Å². The summed E-state index contributed by atoms with van der Waals surface area (Å²) in [5.74, 6) is 0.131. The second-order valence-electron chi connectivity index (χ2n) is 5.77. The van der Waals surface area contributed by atoms with Crippen LogP contribution >= 0.6 is 0 Å². The summed E-state index contributed by atoms with van der Waals surface area (Å²) in [5, 5.41) is 16.2. The molecule has 104 valence electrons. The Morgan fingerprint density at radius 1 is 1.42 bits per heavy atom. The number of phenols is 1. The molecule has 0 spiro atoms. The van der Waals surface area contributed by atoms with Crippen LogP contribution in [-0.4, -0.2) is 24.1 Å². The minimum Gasteiger partial charge on any atom is -0.505 e. The van der Waals surface area contributed by atoms with Gasteiger partial charge in [0.1, 0.15) is 5.75 Å². The highest BCUT2D eigenvalue weighted by molar-refractivity contribution is 5.96. The highest BCUT2D eigenvalue weighted by atomic mass is 16.3. The molecule has 1 amide bonds.